The number of hydrogen-bond donors (Lipinski definition) is 1. The lowest BCUT2D eigenvalue weighted by Crippen LogP contribution is -2.39. The number of carbonyl (C=O) groups is 2. The molecule has 1 heterocycles. The van der Waals surface area contributed by atoms with Crippen molar-refractivity contribution in [2.45, 2.75) is 25.3 Å². The summed E-state index contributed by atoms with van der Waals surface area (Å²) in [5, 5.41) is 2.56. The molecule has 1 aliphatic carbocycles. The molecule has 4 nitrogen and oxygen atoms in total. The van der Waals surface area contributed by atoms with Crippen LogP contribution in [0.15, 0.2) is 12.1 Å². The lowest BCUT2D eigenvalue weighted by molar-refractivity contribution is -0.131. The van der Waals surface area contributed by atoms with Gasteiger partial charge in [0.25, 0.3) is 5.91 Å². The Morgan fingerprint density at radius 2 is 1.82 bits per heavy atom. The fourth-order valence-corrected chi connectivity index (χ4v) is 2.63. The van der Waals surface area contributed by atoms with Crippen molar-refractivity contribution in [3.05, 3.63) is 35.1 Å². The lowest BCUT2D eigenvalue weighted by Gasteiger charge is -2.17. The van der Waals surface area contributed by atoms with Crippen molar-refractivity contribution in [1.29, 1.82) is 0 Å². The van der Waals surface area contributed by atoms with E-state index in [0.29, 0.717) is 25.6 Å². The second kappa shape index (κ2) is 5.62. The zero-order chi connectivity index (χ0) is 15.9. The Hall–Kier alpha value is -2.05. The molecule has 2 amide bonds. The molecular weight excluding hydrogens is 297 g/mol. The third-order valence-corrected chi connectivity index (χ3v) is 4.04. The van der Waals surface area contributed by atoms with Crippen LogP contribution in [-0.2, 0) is 4.79 Å². The number of amides is 2. The largest absolute Gasteiger partial charge is 0.347 e. The lowest BCUT2D eigenvalue weighted by atomic mass is 10.1. The molecule has 2 aliphatic rings. The smallest absolute Gasteiger partial charge is 0.254 e. The number of nitrogens with one attached hydrogen (secondary N) is 1. The summed E-state index contributed by atoms with van der Waals surface area (Å²) in [4.78, 5) is 25.6. The summed E-state index contributed by atoms with van der Waals surface area (Å²) < 4.78 is 39.6. The van der Waals surface area contributed by atoms with Crippen LogP contribution in [0.4, 0.5) is 13.2 Å². The second-order valence-corrected chi connectivity index (χ2v) is 5.74. The predicted molar refractivity (Wildman–Crippen MR) is 71.5 cm³/mol. The Morgan fingerprint density at radius 1 is 1.09 bits per heavy atom. The third kappa shape index (κ3) is 2.80. The van der Waals surface area contributed by atoms with Gasteiger partial charge in [-0.05, 0) is 31.4 Å². The van der Waals surface area contributed by atoms with E-state index in [1.54, 1.807) is 4.90 Å². The van der Waals surface area contributed by atoms with Crippen LogP contribution in [0.3, 0.4) is 0 Å². The van der Waals surface area contributed by atoms with Gasteiger partial charge in [-0.3, -0.25) is 9.59 Å². The van der Waals surface area contributed by atoms with Crippen molar-refractivity contribution in [2.75, 3.05) is 13.1 Å². The second-order valence-electron chi connectivity index (χ2n) is 5.74. The van der Waals surface area contributed by atoms with E-state index in [1.165, 1.54) is 0 Å². The first-order chi connectivity index (χ1) is 10.5. The number of carbonyl (C=O) groups excluding carboxylic acids is 2. The molecule has 1 unspecified atom stereocenters. The predicted octanol–water partition coefficient (Wildman–Crippen LogP) is 1.84. The Bertz CT molecular complexity index is 631. The van der Waals surface area contributed by atoms with E-state index in [-0.39, 0.29) is 17.9 Å². The highest BCUT2D eigenvalue weighted by molar-refractivity contribution is 5.94. The maximum absolute atomic E-state index is 13.6. The molecule has 118 valence electrons. The molecule has 0 bridgehead atoms. The molecule has 1 aliphatic heterocycles. The first-order valence-corrected chi connectivity index (χ1v) is 7.20. The van der Waals surface area contributed by atoms with Gasteiger partial charge in [0.1, 0.15) is 0 Å². The Balaban J connectivity index is 1.63. The SMILES string of the molecule is O=C(NC1CCN(C(=O)C2CC2)C1)c1ccc(F)c(F)c1F. The van der Waals surface area contributed by atoms with Gasteiger partial charge in [0.2, 0.25) is 5.91 Å². The number of likely N-dealkylation sites (tertiary alicyclic amines) is 1. The molecule has 1 saturated carbocycles. The van der Waals surface area contributed by atoms with Crippen LogP contribution < -0.4 is 5.32 Å². The van der Waals surface area contributed by atoms with E-state index in [1.807, 2.05) is 0 Å². The summed E-state index contributed by atoms with van der Waals surface area (Å²) in [6.45, 7) is 0.910. The maximum atomic E-state index is 13.6. The standard InChI is InChI=1S/C15H15F3N2O2/c16-11-4-3-10(12(17)13(11)18)14(21)19-9-5-6-20(7-9)15(22)8-1-2-8/h3-4,8-9H,1-2,5-7H2,(H,19,21). The molecule has 0 aromatic heterocycles. The van der Waals surface area contributed by atoms with Crippen molar-refractivity contribution in [2.24, 2.45) is 5.92 Å². The monoisotopic (exact) mass is 312 g/mol. The minimum absolute atomic E-state index is 0.0933. The summed E-state index contributed by atoms with van der Waals surface area (Å²) in [5.41, 5.74) is -0.536. The fraction of sp³-hybridized carbons (Fsp3) is 0.467. The Morgan fingerprint density at radius 3 is 2.50 bits per heavy atom. The molecule has 1 aromatic carbocycles. The molecule has 1 N–H and O–H groups in total. The molecule has 3 rings (SSSR count). The zero-order valence-corrected chi connectivity index (χ0v) is 11.7. The quantitative estimate of drug-likeness (QED) is 0.866. The minimum atomic E-state index is -1.66. The average molecular weight is 312 g/mol. The summed E-state index contributed by atoms with van der Waals surface area (Å²) in [7, 11) is 0. The molecule has 0 radical (unpaired) electrons. The van der Waals surface area contributed by atoms with Crippen LogP contribution in [0.2, 0.25) is 0 Å². The van der Waals surface area contributed by atoms with E-state index in [0.717, 1.165) is 18.9 Å². The molecule has 1 atom stereocenters. The summed E-state index contributed by atoms with van der Waals surface area (Å²) in [5.74, 6) is -5.10. The molecule has 7 heteroatoms. The van der Waals surface area contributed by atoms with Gasteiger partial charge in [-0.15, -0.1) is 0 Å². The minimum Gasteiger partial charge on any atom is -0.347 e. The van der Waals surface area contributed by atoms with Gasteiger partial charge in [-0.2, -0.15) is 0 Å². The van der Waals surface area contributed by atoms with Gasteiger partial charge in [0.05, 0.1) is 5.56 Å². The van der Waals surface area contributed by atoms with E-state index in [4.69, 9.17) is 0 Å². The summed E-state index contributed by atoms with van der Waals surface area (Å²) >= 11 is 0. The van der Waals surface area contributed by atoms with Gasteiger partial charge in [-0.1, -0.05) is 0 Å². The number of benzene rings is 1. The molecule has 0 spiro atoms. The van der Waals surface area contributed by atoms with Crippen LogP contribution in [-0.4, -0.2) is 35.8 Å². The van der Waals surface area contributed by atoms with Crippen LogP contribution in [0, 0.1) is 23.4 Å². The van der Waals surface area contributed by atoms with E-state index in [9.17, 15) is 22.8 Å². The molecule has 22 heavy (non-hydrogen) atoms. The normalized spacial score (nSPS) is 21.0. The van der Waals surface area contributed by atoms with Gasteiger partial charge >= 0.3 is 0 Å². The summed E-state index contributed by atoms with van der Waals surface area (Å²) in [6.07, 6.45) is 2.38. The van der Waals surface area contributed by atoms with Gasteiger partial charge in [0.15, 0.2) is 17.5 Å². The van der Waals surface area contributed by atoms with Crippen molar-refractivity contribution in [1.82, 2.24) is 10.2 Å². The molecular formula is C15H15F3N2O2. The van der Waals surface area contributed by atoms with Crippen LogP contribution in [0.1, 0.15) is 29.6 Å². The van der Waals surface area contributed by atoms with Gasteiger partial charge < -0.3 is 10.2 Å². The number of halogens is 3. The van der Waals surface area contributed by atoms with Gasteiger partial charge in [0, 0.05) is 25.0 Å². The fourth-order valence-electron chi connectivity index (χ4n) is 2.63. The van der Waals surface area contributed by atoms with Crippen molar-refractivity contribution < 1.29 is 22.8 Å². The topological polar surface area (TPSA) is 49.4 Å². The van der Waals surface area contributed by atoms with E-state index < -0.39 is 28.9 Å². The van der Waals surface area contributed by atoms with Crippen molar-refractivity contribution in [3.8, 4) is 0 Å². The summed E-state index contributed by atoms with van der Waals surface area (Å²) in [6, 6.07) is 1.32. The first-order valence-electron chi connectivity index (χ1n) is 7.20. The number of nitrogens with zero attached hydrogens (tertiary/aromatic N) is 1. The number of hydrogen-bond acceptors (Lipinski definition) is 2. The highest BCUT2D eigenvalue weighted by atomic mass is 19.2. The van der Waals surface area contributed by atoms with E-state index in [2.05, 4.69) is 5.32 Å². The van der Waals surface area contributed by atoms with Crippen LogP contribution >= 0.6 is 0 Å². The van der Waals surface area contributed by atoms with Gasteiger partial charge in [-0.25, -0.2) is 13.2 Å². The van der Waals surface area contributed by atoms with Crippen molar-refractivity contribution >= 4 is 11.8 Å². The third-order valence-electron chi connectivity index (χ3n) is 4.04. The molecule has 1 aromatic rings. The van der Waals surface area contributed by atoms with Crippen molar-refractivity contribution in [3.63, 3.8) is 0 Å². The zero-order valence-electron chi connectivity index (χ0n) is 11.7. The first kappa shape index (κ1) is 14.9. The maximum Gasteiger partial charge on any atom is 0.254 e. The highest BCUT2D eigenvalue weighted by Gasteiger charge is 2.37. The Kier molecular flexibility index (Phi) is 3.80. The molecule has 1 saturated heterocycles. The van der Waals surface area contributed by atoms with Crippen LogP contribution in [0.25, 0.3) is 0 Å². The van der Waals surface area contributed by atoms with E-state index >= 15 is 0 Å². The highest BCUT2D eigenvalue weighted by Crippen LogP contribution is 2.32. The number of rotatable bonds is 3. The Labute approximate surface area is 125 Å². The molecule has 2 fully saturated rings. The average Bonchev–Trinajstić information content (AvgIpc) is 3.24. The van der Waals surface area contributed by atoms with Crippen LogP contribution in [0.5, 0.6) is 0 Å².